The van der Waals surface area contributed by atoms with Crippen LogP contribution in [0.3, 0.4) is 0 Å². The lowest BCUT2D eigenvalue weighted by atomic mass is 9.93. The number of aryl methyl sites for hydroxylation is 3. The van der Waals surface area contributed by atoms with Crippen molar-refractivity contribution in [2.75, 3.05) is 11.9 Å². The van der Waals surface area contributed by atoms with Crippen molar-refractivity contribution in [3.8, 4) is 5.75 Å². The third-order valence-electron chi connectivity index (χ3n) is 5.45. The quantitative estimate of drug-likeness (QED) is 0.695. The molecular formula is C23H24N4O2. The lowest BCUT2D eigenvalue weighted by Crippen LogP contribution is -2.27. The number of amides is 1. The molecule has 148 valence electrons. The third-order valence-corrected chi connectivity index (χ3v) is 5.45. The highest BCUT2D eigenvalue weighted by Crippen LogP contribution is 2.55. The number of rotatable bonds is 6. The van der Waals surface area contributed by atoms with Gasteiger partial charge in [-0.3, -0.25) is 4.79 Å². The zero-order valence-corrected chi connectivity index (χ0v) is 16.8. The molecule has 0 spiro atoms. The largest absolute Gasteiger partial charge is 0.489 e. The molecule has 0 unspecified atom stereocenters. The molecule has 1 saturated carbocycles. The summed E-state index contributed by atoms with van der Waals surface area (Å²) in [6.07, 6.45) is 4.12. The van der Waals surface area contributed by atoms with Crippen molar-refractivity contribution < 1.29 is 9.53 Å². The highest BCUT2D eigenvalue weighted by molar-refractivity contribution is 5.95. The smallest absolute Gasteiger partial charge is 0.229 e. The van der Waals surface area contributed by atoms with Crippen LogP contribution < -0.4 is 10.1 Å². The van der Waals surface area contributed by atoms with E-state index in [9.17, 15) is 4.79 Å². The van der Waals surface area contributed by atoms with E-state index in [0.717, 1.165) is 23.2 Å². The summed E-state index contributed by atoms with van der Waals surface area (Å²) in [5.41, 5.74) is 2.58. The van der Waals surface area contributed by atoms with Crippen LogP contribution in [-0.4, -0.2) is 27.5 Å². The number of carbonyl (C=O) groups is 1. The lowest BCUT2D eigenvalue weighted by molar-refractivity contribution is -0.117. The third kappa shape index (κ3) is 3.97. The van der Waals surface area contributed by atoms with E-state index in [-0.39, 0.29) is 17.2 Å². The van der Waals surface area contributed by atoms with Gasteiger partial charge in [-0.25, -0.2) is 15.0 Å². The van der Waals surface area contributed by atoms with Gasteiger partial charge in [0.1, 0.15) is 11.6 Å². The number of benzene rings is 1. The van der Waals surface area contributed by atoms with E-state index in [1.54, 1.807) is 12.4 Å². The summed E-state index contributed by atoms with van der Waals surface area (Å²) < 4.78 is 6.10. The van der Waals surface area contributed by atoms with Crippen molar-refractivity contribution in [2.24, 2.45) is 5.92 Å². The van der Waals surface area contributed by atoms with Crippen LogP contribution in [0.15, 0.2) is 54.9 Å². The van der Waals surface area contributed by atoms with Crippen molar-refractivity contribution >= 4 is 11.7 Å². The van der Waals surface area contributed by atoms with Crippen molar-refractivity contribution in [3.63, 3.8) is 0 Å². The Morgan fingerprint density at radius 2 is 1.97 bits per heavy atom. The topological polar surface area (TPSA) is 77.0 Å². The Bertz CT molecular complexity index is 1040. The molecule has 1 aliphatic carbocycles. The van der Waals surface area contributed by atoms with Crippen molar-refractivity contribution in [3.05, 3.63) is 77.5 Å². The van der Waals surface area contributed by atoms with E-state index in [0.29, 0.717) is 24.0 Å². The van der Waals surface area contributed by atoms with Gasteiger partial charge in [0.25, 0.3) is 0 Å². The maximum absolute atomic E-state index is 13.0. The Morgan fingerprint density at radius 3 is 2.69 bits per heavy atom. The number of anilines is 1. The summed E-state index contributed by atoms with van der Waals surface area (Å²) >= 11 is 0. The van der Waals surface area contributed by atoms with E-state index in [1.165, 1.54) is 0 Å². The van der Waals surface area contributed by atoms with Crippen LogP contribution in [0, 0.1) is 26.7 Å². The molecule has 29 heavy (non-hydrogen) atoms. The molecule has 0 saturated heterocycles. The van der Waals surface area contributed by atoms with Gasteiger partial charge >= 0.3 is 0 Å². The molecule has 6 heteroatoms. The van der Waals surface area contributed by atoms with Crippen molar-refractivity contribution in [1.29, 1.82) is 0 Å². The summed E-state index contributed by atoms with van der Waals surface area (Å²) in [5, 5.41) is 2.96. The molecule has 2 heterocycles. The molecule has 0 bridgehead atoms. The van der Waals surface area contributed by atoms with Gasteiger partial charge in [-0.1, -0.05) is 30.3 Å². The fourth-order valence-corrected chi connectivity index (χ4v) is 3.72. The van der Waals surface area contributed by atoms with Gasteiger partial charge in [0, 0.05) is 11.6 Å². The highest BCUT2D eigenvalue weighted by Gasteiger charge is 2.60. The molecule has 1 N–H and O–H groups in total. The van der Waals surface area contributed by atoms with Gasteiger partial charge in [-0.15, -0.1) is 0 Å². The molecule has 6 nitrogen and oxygen atoms in total. The van der Waals surface area contributed by atoms with E-state index >= 15 is 0 Å². The second kappa shape index (κ2) is 7.62. The van der Waals surface area contributed by atoms with Gasteiger partial charge in [-0.2, -0.15) is 0 Å². The van der Waals surface area contributed by atoms with Crippen molar-refractivity contribution in [1.82, 2.24) is 15.0 Å². The van der Waals surface area contributed by atoms with Crippen LogP contribution in [0.1, 0.15) is 29.1 Å². The minimum atomic E-state index is -0.369. The number of nitrogens with one attached hydrogen (secondary N) is 1. The fourth-order valence-electron chi connectivity index (χ4n) is 3.72. The average molecular weight is 388 g/mol. The van der Waals surface area contributed by atoms with Gasteiger partial charge in [0.05, 0.1) is 24.4 Å². The van der Waals surface area contributed by atoms with Crippen LogP contribution in [0.25, 0.3) is 0 Å². The summed E-state index contributed by atoms with van der Waals surface area (Å²) in [6, 6.07) is 13.8. The van der Waals surface area contributed by atoms with Crippen LogP contribution in [0.5, 0.6) is 5.75 Å². The Balaban J connectivity index is 1.54. The first kappa shape index (κ1) is 19.1. The van der Waals surface area contributed by atoms with Gasteiger partial charge in [-0.05, 0) is 50.5 Å². The molecular weight excluding hydrogens is 364 g/mol. The molecule has 3 aromatic rings. The SMILES string of the molecule is Cc1ccnc(NC(=O)[C@@H]2C[C@@]2(COc2cnc(C)nc2C)c2ccccc2)c1. The first-order valence-electron chi connectivity index (χ1n) is 9.70. The molecule has 4 rings (SSSR count). The molecule has 1 aliphatic rings. The molecule has 1 fully saturated rings. The number of aromatic nitrogens is 3. The maximum Gasteiger partial charge on any atom is 0.229 e. The average Bonchev–Trinajstić information content (AvgIpc) is 3.44. The molecule has 0 aliphatic heterocycles. The predicted molar refractivity (Wildman–Crippen MR) is 111 cm³/mol. The Hall–Kier alpha value is -3.28. The van der Waals surface area contributed by atoms with E-state index in [1.807, 2.05) is 51.1 Å². The number of pyridine rings is 1. The van der Waals surface area contributed by atoms with E-state index < -0.39 is 0 Å². The minimum absolute atomic E-state index is 0.0348. The summed E-state index contributed by atoms with van der Waals surface area (Å²) in [7, 11) is 0. The number of ether oxygens (including phenoxy) is 1. The number of carbonyl (C=O) groups excluding carboxylic acids is 1. The molecule has 1 aromatic carbocycles. The summed E-state index contributed by atoms with van der Waals surface area (Å²) in [5.74, 6) is 1.72. The normalized spacial score (nSPS) is 20.2. The summed E-state index contributed by atoms with van der Waals surface area (Å²) in [4.78, 5) is 25.8. The predicted octanol–water partition coefficient (Wildman–Crippen LogP) is 3.77. The first-order valence-corrected chi connectivity index (χ1v) is 9.70. The number of hydrogen-bond donors (Lipinski definition) is 1. The zero-order chi connectivity index (χ0) is 20.4. The van der Waals surface area contributed by atoms with E-state index in [2.05, 4.69) is 32.4 Å². The van der Waals surface area contributed by atoms with Crippen LogP contribution >= 0.6 is 0 Å². The monoisotopic (exact) mass is 388 g/mol. The van der Waals surface area contributed by atoms with Crippen molar-refractivity contribution in [2.45, 2.75) is 32.6 Å². The van der Waals surface area contributed by atoms with Gasteiger partial charge in [0.2, 0.25) is 5.91 Å². The second-order valence-corrected chi connectivity index (χ2v) is 7.64. The standard InChI is InChI=1S/C23H24N4O2/c1-15-9-10-24-21(11-15)27-22(28)19-12-23(19,18-7-5-4-6-8-18)14-29-20-13-25-17(3)26-16(20)2/h4-11,13,19H,12,14H2,1-3H3,(H,24,27,28)/t19-,23+/m0/s1. The van der Waals surface area contributed by atoms with Gasteiger partial charge in [0.15, 0.2) is 5.75 Å². The molecule has 1 amide bonds. The minimum Gasteiger partial charge on any atom is -0.489 e. The fraction of sp³-hybridized carbons (Fsp3) is 0.304. The lowest BCUT2D eigenvalue weighted by Gasteiger charge is -2.19. The number of hydrogen-bond acceptors (Lipinski definition) is 5. The summed E-state index contributed by atoms with van der Waals surface area (Å²) in [6.45, 7) is 6.12. The number of nitrogens with zero attached hydrogens (tertiary/aromatic N) is 3. The maximum atomic E-state index is 13.0. The van der Waals surface area contributed by atoms with Crippen LogP contribution in [0.4, 0.5) is 5.82 Å². The van der Waals surface area contributed by atoms with Crippen LogP contribution in [-0.2, 0) is 10.2 Å². The second-order valence-electron chi connectivity index (χ2n) is 7.64. The highest BCUT2D eigenvalue weighted by atomic mass is 16.5. The molecule has 2 aromatic heterocycles. The Labute approximate surface area is 170 Å². The van der Waals surface area contributed by atoms with Crippen LogP contribution in [0.2, 0.25) is 0 Å². The first-order chi connectivity index (χ1) is 14.0. The Kier molecular flexibility index (Phi) is 5.01. The van der Waals surface area contributed by atoms with Gasteiger partial charge < -0.3 is 10.1 Å². The molecule has 2 atom stereocenters. The zero-order valence-electron chi connectivity index (χ0n) is 16.8. The van der Waals surface area contributed by atoms with E-state index in [4.69, 9.17) is 4.74 Å². The molecule has 0 radical (unpaired) electrons. The Morgan fingerprint density at radius 1 is 1.17 bits per heavy atom.